The smallest absolute Gasteiger partial charge is 0.261 e. The standard InChI is InChI=1S/C26H29N3O5S/c1-33-23-12-10-22(11-13-23)28-35(31,32)24-9-5-8-21(18-24)26(30)27-25(20-6-3-2-4-7-20)19-29-14-16-34-17-15-29/h2-13,18,25,28H,14-17,19H2,1H3,(H,27,30)/t25-/m1/s1. The van der Waals surface area contributed by atoms with Gasteiger partial charge in [0.25, 0.3) is 15.9 Å². The molecule has 0 spiro atoms. The Bertz CT molecular complexity index is 1230. The molecule has 1 aliphatic rings. The Morgan fingerprint density at radius 1 is 1.00 bits per heavy atom. The van der Waals surface area contributed by atoms with Gasteiger partial charge in [0.1, 0.15) is 5.75 Å². The molecule has 2 N–H and O–H groups in total. The molecule has 3 aromatic rings. The minimum absolute atomic E-state index is 0.00501. The Morgan fingerprint density at radius 2 is 1.71 bits per heavy atom. The topological polar surface area (TPSA) is 97.0 Å². The normalized spacial score (nSPS) is 15.2. The van der Waals surface area contributed by atoms with E-state index in [0.29, 0.717) is 31.2 Å². The average molecular weight is 496 g/mol. The number of carbonyl (C=O) groups is 1. The van der Waals surface area contributed by atoms with Crippen molar-refractivity contribution >= 4 is 21.6 Å². The van der Waals surface area contributed by atoms with Gasteiger partial charge in [-0.15, -0.1) is 0 Å². The van der Waals surface area contributed by atoms with Crippen LogP contribution in [0, 0.1) is 0 Å². The van der Waals surface area contributed by atoms with E-state index in [9.17, 15) is 13.2 Å². The fourth-order valence-corrected chi connectivity index (χ4v) is 4.98. The molecule has 1 aliphatic heterocycles. The second kappa shape index (κ2) is 11.4. The van der Waals surface area contributed by atoms with Crippen LogP contribution in [0.5, 0.6) is 5.75 Å². The van der Waals surface area contributed by atoms with Crippen LogP contribution < -0.4 is 14.8 Å². The zero-order valence-corrected chi connectivity index (χ0v) is 20.3. The predicted octanol–water partition coefficient (Wildman–Crippen LogP) is 3.30. The zero-order valence-electron chi connectivity index (χ0n) is 19.5. The maximum atomic E-state index is 13.2. The first-order valence-corrected chi connectivity index (χ1v) is 12.9. The van der Waals surface area contributed by atoms with Gasteiger partial charge in [-0.05, 0) is 48.0 Å². The lowest BCUT2D eigenvalue weighted by Crippen LogP contribution is -2.43. The van der Waals surface area contributed by atoms with Crippen molar-refractivity contribution in [2.45, 2.75) is 10.9 Å². The molecule has 0 aliphatic carbocycles. The Labute approximate surface area is 205 Å². The number of amides is 1. The number of rotatable bonds is 9. The van der Waals surface area contributed by atoms with Crippen LogP contribution in [0.15, 0.2) is 83.8 Å². The van der Waals surface area contributed by atoms with Crippen LogP contribution >= 0.6 is 0 Å². The van der Waals surface area contributed by atoms with Crippen LogP contribution in [-0.2, 0) is 14.8 Å². The summed E-state index contributed by atoms with van der Waals surface area (Å²) < 4.78 is 39.0. The molecule has 4 rings (SSSR count). The molecule has 0 radical (unpaired) electrons. The Morgan fingerprint density at radius 3 is 2.40 bits per heavy atom. The monoisotopic (exact) mass is 495 g/mol. The first-order valence-electron chi connectivity index (χ1n) is 11.4. The van der Waals surface area contributed by atoms with E-state index in [1.807, 2.05) is 30.3 Å². The van der Waals surface area contributed by atoms with E-state index in [1.54, 1.807) is 43.5 Å². The first kappa shape index (κ1) is 24.7. The molecule has 184 valence electrons. The van der Waals surface area contributed by atoms with E-state index in [0.717, 1.165) is 18.7 Å². The number of morpholine rings is 1. The first-order chi connectivity index (χ1) is 16.9. The van der Waals surface area contributed by atoms with Crippen molar-refractivity contribution in [3.8, 4) is 5.75 Å². The van der Waals surface area contributed by atoms with Crippen molar-refractivity contribution in [2.75, 3.05) is 44.7 Å². The second-order valence-electron chi connectivity index (χ2n) is 8.21. The Kier molecular flexibility index (Phi) is 8.02. The van der Waals surface area contributed by atoms with Crippen LogP contribution in [-0.4, -0.2) is 59.2 Å². The number of sulfonamides is 1. The fourth-order valence-electron chi connectivity index (χ4n) is 3.88. The molecule has 1 amide bonds. The van der Waals surface area contributed by atoms with Crippen molar-refractivity contribution in [3.63, 3.8) is 0 Å². The van der Waals surface area contributed by atoms with Crippen molar-refractivity contribution in [2.24, 2.45) is 0 Å². The lowest BCUT2D eigenvalue weighted by atomic mass is 10.1. The average Bonchev–Trinajstić information content (AvgIpc) is 2.90. The molecule has 0 unspecified atom stereocenters. The number of nitrogens with one attached hydrogen (secondary N) is 2. The summed E-state index contributed by atoms with van der Waals surface area (Å²) in [7, 11) is -2.34. The number of carbonyl (C=O) groups excluding carboxylic acids is 1. The van der Waals surface area contributed by atoms with Gasteiger partial charge < -0.3 is 14.8 Å². The maximum Gasteiger partial charge on any atom is 0.261 e. The summed E-state index contributed by atoms with van der Waals surface area (Å²) in [6, 6.07) is 22.1. The molecule has 35 heavy (non-hydrogen) atoms. The molecule has 1 fully saturated rings. The van der Waals surface area contributed by atoms with Gasteiger partial charge in [-0.1, -0.05) is 36.4 Å². The number of methoxy groups -OCH3 is 1. The van der Waals surface area contributed by atoms with E-state index in [-0.39, 0.29) is 22.4 Å². The number of anilines is 1. The molecule has 8 nitrogen and oxygen atoms in total. The summed E-state index contributed by atoms with van der Waals surface area (Å²) in [5.74, 6) is 0.283. The maximum absolute atomic E-state index is 13.2. The highest BCUT2D eigenvalue weighted by Gasteiger charge is 2.22. The summed E-state index contributed by atoms with van der Waals surface area (Å²) in [6.45, 7) is 3.55. The van der Waals surface area contributed by atoms with E-state index in [4.69, 9.17) is 9.47 Å². The SMILES string of the molecule is COc1ccc(NS(=O)(=O)c2cccc(C(=O)N[C@H](CN3CCOCC3)c3ccccc3)c2)cc1. The van der Waals surface area contributed by atoms with Crippen molar-refractivity contribution in [1.29, 1.82) is 0 Å². The Balaban J connectivity index is 1.51. The number of nitrogens with zero attached hydrogens (tertiary/aromatic N) is 1. The van der Waals surface area contributed by atoms with Crippen LogP contribution in [0.4, 0.5) is 5.69 Å². The third kappa shape index (κ3) is 6.60. The minimum Gasteiger partial charge on any atom is -0.497 e. The Hall–Kier alpha value is -3.40. The van der Waals surface area contributed by atoms with E-state index in [2.05, 4.69) is 14.9 Å². The number of hydrogen-bond acceptors (Lipinski definition) is 6. The minimum atomic E-state index is -3.89. The van der Waals surface area contributed by atoms with Gasteiger partial charge in [0, 0.05) is 30.9 Å². The number of hydrogen-bond donors (Lipinski definition) is 2. The van der Waals surface area contributed by atoms with Gasteiger partial charge in [-0.2, -0.15) is 0 Å². The lowest BCUT2D eigenvalue weighted by Gasteiger charge is -2.31. The highest BCUT2D eigenvalue weighted by atomic mass is 32.2. The highest BCUT2D eigenvalue weighted by Crippen LogP contribution is 2.21. The molecule has 0 aromatic heterocycles. The highest BCUT2D eigenvalue weighted by molar-refractivity contribution is 7.92. The molecular formula is C26H29N3O5S. The largest absolute Gasteiger partial charge is 0.497 e. The van der Waals surface area contributed by atoms with Gasteiger partial charge in [0.2, 0.25) is 0 Å². The zero-order chi connectivity index (χ0) is 24.7. The third-order valence-corrected chi connectivity index (χ3v) is 7.18. The molecule has 9 heteroatoms. The summed E-state index contributed by atoms with van der Waals surface area (Å²) in [6.07, 6.45) is 0. The molecule has 3 aromatic carbocycles. The number of ether oxygens (including phenoxy) is 2. The van der Waals surface area contributed by atoms with Crippen molar-refractivity contribution in [1.82, 2.24) is 10.2 Å². The summed E-state index contributed by atoms with van der Waals surface area (Å²) in [4.78, 5) is 15.5. The van der Waals surface area contributed by atoms with Crippen LogP contribution in [0.25, 0.3) is 0 Å². The molecule has 0 bridgehead atoms. The quantitative estimate of drug-likeness (QED) is 0.473. The fraction of sp³-hybridized carbons (Fsp3) is 0.269. The molecule has 0 saturated carbocycles. The van der Waals surface area contributed by atoms with Crippen LogP contribution in [0.1, 0.15) is 22.0 Å². The third-order valence-electron chi connectivity index (χ3n) is 5.80. The molecular weight excluding hydrogens is 466 g/mol. The molecule has 1 saturated heterocycles. The molecule has 1 atom stereocenters. The van der Waals surface area contributed by atoms with Crippen LogP contribution in [0.3, 0.4) is 0 Å². The lowest BCUT2D eigenvalue weighted by molar-refractivity contribution is 0.0332. The van der Waals surface area contributed by atoms with E-state index < -0.39 is 10.0 Å². The predicted molar refractivity (Wildman–Crippen MR) is 134 cm³/mol. The van der Waals surface area contributed by atoms with Gasteiger partial charge in [-0.3, -0.25) is 14.4 Å². The summed E-state index contributed by atoms with van der Waals surface area (Å²) in [5.41, 5.74) is 1.65. The van der Waals surface area contributed by atoms with E-state index in [1.165, 1.54) is 12.1 Å². The van der Waals surface area contributed by atoms with Crippen LogP contribution in [0.2, 0.25) is 0 Å². The van der Waals surface area contributed by atoms with Gasteiger partial charge in [0.05, 0.1) is 31.3 Å². The second-order valence-corrected chi connectivity index (χ2v) is 9.89. The van der Waals surface area contributed by atoms with Gasteiger partial charge in [-0.25, -0.2) is 8.42 Å². The number of benzene rings is 3. The van der Waals surface area contributed by atoms with Crippen molar-refractivity contribution in [3.05, 3.63) is 90.0 Å². The van der Waals surface area contributed by atoms with Crippen molar-refractivity contribution < 1.29 is 22.7 Å². The summed E-state index contributed by atoms with van der Waals surface area (Å²) in [5, 5.41) is 3.09. The van der Waals surface area contributed by atoms with Gasteiger partial charge in [0.15, 0.2) is 0 Å². The van der Waals surface area contributed by atoms with E-state index >= 15 is 0 Å². The summed E-state index contributed by atoms with van der Waals surface area (Å²) >= 11 is 0. The van der Waals surface area contributed by atoms with Gasteiger partial charge >= 0.3 is 0 Å². The molecule has 1 heterocycles.